The lowest BCUT2D eigenvalue weighted by molar-refractivity contribution is 0.0996. The molecule has 0 unspecified atom stereocenters. The third-order valence-electron chi connectivity index (χ3n) is 2.98. The van der Waals surface area contributed by atoms with Gasteiger partial charge in [0.15, 0.2) is 11.6 Å². The zero-order valence-corrected chi connectivity index (χ0v) is 11.4. The fourth-order valence-corrected chi connectivity index (χ4v) is 1.97. The number of hydrogen-bond acceptors (Lipinski definition) is 5. The monoisotopic (exact) mass is 283 g/mol. The van der Waals surface area contributed by atoms with Gasteiger partial charge in [-0.2, -0.15) is 4.68 Å². The third-order valence-corrected chi connectivity index (χ3v) is 2.98. The standard InChI is InChI=1S/C14H13N5O2/c1-2-13-16-17-18-19(13)11-7-4-3-6-10(11)15-14(20)12-8-5-9-21-12/h3-9H,2H2,1H3,(H,15,20). The Morgan fingerprint density at radius 2 is 2.14 bits per heavy atom. The summed E-state index contributed by atoms with van der Waals surface area (Å²) in [5.41, 5.74) is 1.32. The number of benzene rings is 1. The number of furan rings is 1. The summed E-state index contributed by atoms with van der Waals surface area (Å²) in [5.74, 6) is 0.644. The van der Waals surface area contributed by atoms with E-state index >= 15 is 0 Å². The van der Waals surface area contributed by atoms with Crippen LogP contribution in [0.2, 0.25) is 0 Å². The van der Waals surface area contributed by atoms with Gasteiger partial charge in [-0.15, -0.1) is 5.10 Å². The van der Waals surface area contributed by atoms with Crippen LogP contribution in [-0.2, 0) is 6.42 Å². The molecule has 0 aliphatic rings. The maximum absolute atomic E-state index is 12.1. The van der Waals surface area contributed by atoms with Gasteiger partial charge < -0.3 is 9.73 Å². The van der Waals surface area contributed by atoms with E-state index in [2.05, 4.69) is 20.8 Å². The third kappa shape index (κ3) is 2.53. The van der Waals surface area contributed by atoms with E-state index in [0.717, 1.165) is 5.82 Å². The van der Waals surface area contributed by atoms with Crippen molar-refractivity contribution >= 4 is 11.6 Å². The van der Waals surface area contributed by atoms with Crippen molar-refractivity contribution < 1.29 is 9.21 Å². The number of para-hydroxylation sites is 2. The first-order valence-corrected chi connectivity index (χ1v) is 6.51. The van der Waals surface area contributed by atoms with Crippen LogP contribution in [0.1, 0.15) is 23.3 Å². The van der Waals surface area contributed by atoms with Crippen molar-refractivity contribution in [3.8, 4) is 5.69 Å². The van der Waals surface area contributed by atoms with Crippen molar-refractivity contribution in [2.75, 3.05) is 5.32 Å². The number of aromatic nitrogens is 4. The van der Waals surface area contributed by atoms with Crippen LogP contribution < -0.4 is 5.32 Å². The smallest absolute Gasteiger partial charge is 0.291 e. The molecule has 0 bridgehead atoms. The molecular weight excluding hydrogens is 270 g/mol. The second kappa shape index (κ2) is 5.58. The molecule has 3 rings (SSSR count). The van der Waals surface area contributed by atoms with Crippen molar-refractivity contribution in [2.24, 2.45) is 0 Å². The first-order valence-electron chi connectivity index (χ1n) is 6.51. The number of carbonyl (C=O) groups is 1. The van der Waals surface area contributed by atoms with Crippen molar-refractivity contribution in [3.63, 3.8) is 0 Å². The second-order valence-electron chi connectivity index (χ2n) is 4.31. The Bertz CT molecular complexity index is 748. The van der Waals surface area contributed by atoms with Crippen LogP contribution in [0.15, 0.2) is 47.1 Å². The zero-order valence-electron chi connectivity index (χ0n) is 11.4. The molecule has 2 heterocycles. The molecule has 0 spiro atoms. The molecule has 106 valence electrons. The summed E-state index contributed by atoms with van der Waals surface area (Å²) in [6.45, 7) is 1.96. The van der Waals surface area contributed by atoms with Crippen LogP contribution >= 0.6 is 0 Å². The first kappa shape index (κ1) is 13.0. The molecule has 0 aliphatic heterocycles. The molecule has 0 saturated carbocycles. The van der Waals surface area contributed by atoms with E-state index in [4.69, 9.17) is 4.42 Å². The van der Waals surface area contributed by atoms with Gasteiger partial charge in [0.25, 0.3) is 5.91 Å². The van der Waals surface area contributed by atoms with E-state index in [1.165, 1.54) is 6.26 Å². The number of nitrogens with one attached hydrogen (secondary N) is 1. The highest BCUT2D eigenvalue weighted by molar-refractivity contribution is 6.03. The number of rotatable bonds is 4. The summed E-state index contributed by atoms with van der Waals surface area (Å²) in [4.78, 5) is 12.1. The van der Waals surface area contributed by atoms with E-state index in [-0.39, 0.29) is 11.7 Å². The molecule has 7 heteroatoms. The number of nitrogens with zero attached hydrogens (tertiary/aromatic N) is 4. The minimum atomic E-state index is -0.321. The number of aryl methyl sites for hydroxylation is 1. The average molecular weight is 283 g/mol. The number of carbonyl (C=O) groups excluding carboxylic acids is 1. The highest BCUT2D eigenvalue weighted by Crippen LogP contribution is 2.21. The molecule has 2 aromatic heterocycles. The Labute approximate surface area is 120 Å². The van der Waals surface area contributed by atoms with E-state index in [1.807, 2.05) is 25.1 Å². The van der Waals surface area contributed by atoms with Gasteiger partial charge in [0.2, 0.25) is 0 Å². The minimum Gasteiger partial charge on any atom is -0.459 e. The Morgan fingerprint density at radius 1 is 1.29 bits per heavy atom. The summed E-state index contributed by atoms with van der Waals surface area (Å²) < 4.78 is 6.69. The SMILES string of the molecule is CCc1nnnn1-c1ccccc1NC(=O)c1ccco1. The molecular formula is C14H13N5O2. The van der Waals surface area contributed by atoms with Gasteiger partial charge in [-0.3, -0.25) is 4.79 Å². The minimum absolute atomic E-state index is 0.247. The molecule has 0 atom stereocenters. The number of anilines is 1. The molecule has 1 amide bonds. The molecule has 1 aromatic carbocycles. The van der Waals surface area contributed by atoms with Crippen LogP contribution in [0.4, 0.5) is 5.69 Å². The lowest BCUT2D eigenvalue weighted by atomic mass is 10.2. The normalized spacial score (nSPS) is 10.5. The Kier molecular flexibility index (Phi) is 3.46. The fraction of sp³-hybridized carbons (Fsp3) is 0.143. The van der Waals surface area contributed by atoms with Crippen molar-refractivity contribution in [1.29, 1.82) is 0 Å². The predicted octanol–water partition coefficient (Wildman–Crippen LogP) is 2.07. The van der Waals surface area contributed by atoms with E-state index in [1.54, 1.807) is 22.9 Å². The predicted molar refractivity (Wildman–Crippen MR) is 75.2 cm³/mol. The molecule has 0 saturated heterocycles. The van der Waals surface area contributed by atoms with Crippen LogP contribution in [0.3, 0.4) is 0 Å². The Morgan fingerprint density at radius 3 is 2.90 bits per heavy atom. The lowest BCUT2D eigenvalue weighted by Gasteiger charge is -2.10. The quantitative estimate of drug-likeness (QED) is 0.792. The van der Waals surface area contributed by atoms with Gasteiger partial charge in [0.05, 0.1) is 17.6 Å². The summed E-state index contributed by atoms with van der Waals surface area (Å²) in [7, 11) is 0. The maximum atomic E-state index is 12.1. The highest BCUT2D eigenvalue weighted by Gasteiger charge is 2.14. The Hall–Kier alpha value is -2.96. The highest BCUT2D eigenvalue weighted by atomic mass is 16.3. The van der Waals surface area contributed by atoms with Crippen molar-refractivity contribution in [3.05, 3.63) is 54.2 Å². The van der Waals surface area contributed by atoms with Gasteiger partial charge in [0.1, 0.15) is 0 Å². The maximum Gasteiger partial charge on any atom is 0.291 e. The van der Waals surface area contributed by atoms with Crippen molar-refractivity contribution in [2.45, 2.75) is 13.3 Å². The molecule has 0 fully saturated rings. The summed E-state index contributed by atoms with van der Waals surface area (Å²) in [5, 5.41) is 14.4. The number of amides is 1. The van der Waals surface area contributed by atoms with Crippen LogP contribution in [0.25, 0.3) is 5.69 Å². The lowest BCUT2D eigenvalue weighted by Crippen LogP contribution is -2.14. The van der Waals surface area contributed by atoms with Crippen molar-refractivity contribution in [1.82, 2.24) is 20.2 Å². The van der Waals surface area contributed by atoms with E-state index in [0.29, 0.717) is 17.8 Å². The molecule has 0 radical (unpaired) electrons. The van der Waals surface area contributed by atoms with E-state index in [9.17, 15) is 4.79 Å². The number of hydrogen-bond donors (Lipinski definition) is 1. The first-order chi connectivity index (χ1) is 10.3. The summed E-state index contributed by atoms with van der Waals surface area (Å²) in [6.07, 6.45) is 2.14. The Balaban J connectivity index is 1.95. The van der Waals surface area contributed by atoms with Gasteiger partial charge in [-0.1, -0.05) is 19.1 Å². The molecule has 1 N–H and O–H groups in total. The van der Waals surface area contributed by atoms with Gasteiger partial charge in [0, 0.05) is 6.42 Å². The fourth-order valence-electron chi connectivity index (χ4n) is 1.97. The van der Waals surface area contributed by atoms with Crippen LogP contribution in [-0.4, -0.2) is 26.1 Å². The summed E-state index contributed by atoms with van der Waals surface area (Å²) >= 11 is 0. The molecule has 0 aliphatic carbocycles. The van der Waals surface area contributed by atoms with Gasteiger partial charge >= 0.3 is 0 Å². The van der Waals surface area contributed by atoms with Crippen LogP contribution in [0, 0.1) is 0 Å². The summed E-state index contributed by atoms with van der Waals surface area (Å²) in [6, 6.07) is 10.6. The number of tetrazole rings is 1. The van der Waals surface area contributed by atoms with E-state index < -0.39 is 0 Å². The largest absolute Gasteiger partial charge is 0.459 e. The van der Waals surface area contributed by atoms with Gasteiger partial charge in [-0.25, -0.2) is 0 Å². The van der Waals surface area contributed by atoms with Gasteiger partial charge in [-0.05, 0) is 34.7 Å². The zero-order chi connectivity index (χ0) is 14.7. The second-order valence-corrected chi connectivity index (χ2v) is 4.31. The topological polar surface area (TPSA) is 85.8 Å². The average Bonchev–Trinajstić information content (AvgIpc) is 3.19. The molecule has 7 nitrogen and oxygen atoms in total. The molecule has 21 heavy (non-hydrogen) atoms. The van der Waals surface area contributed by atoms with Crippen LogP contribution in [0.5, 0.6) is 0 Å². The molecule has 3 aromatic rings.